The highest BCUT2D eigenvalue weighted by molar-refractivity contribution is 5.96. The fourth-order valence-corrected chi connectivity index (χ4v) is 4.62. The number of amides is 1. The molecule has 2 saturated heterocycles. The number of hydrogen-bond donors (Lipinski definition) is 2. The number of nitrogen functional groups attached to an aromatic ring is 1. The lowest BCUT2D eigenvalue weighted by molar-refractivity contribution is -0.385. The number of anilines is 1. The normalized spacial score (nSPS) is 23.2. The molecule has 10 nitrogen and oxygen atoms in total. The number of hydrogen-bond acceptors (Lipinski definition) is 8. The lowest BCUT2D eigenvalue weighted by Crippen LogP contribution is -2.50. The van der Waals surface area contributed by atoms with Crippen LogP contribution in [0.15, 0.2) is 30.5 Å². The number of benzene rings is 1. The zero-order chi connectivity index (χ0) is 21.3. The van der Waals surface area contributed by atoms with Crippen molar-refractivity contribution in [3.63, 3.8) is 0 Å². The zero-order valence-electron chi connectivity index (χ0n) is 16.7. The SMILES string of the molecule is COc1nc(N)ncc1C(=O)NC1C[C@H]2CC[C@@H](C1)N2Cc1ccccc1[N+](=O)[O-]. The molecule has 2 fully saturated rings. The Balaban J connectivity index is 1.43. The molecule has 1 aromatic carbocycles. The molecule has 10 heteroatoms. The molecule has 30 heavy (non-hydrogen) atoms. The van der Waals surface area contributed by atoms with E-state index in [0.717, 1.165) is 31.2 Å². The van der Waals surface area contributed by atoms with Gasteiger partial charge in [0, 0.05) is 42.5 Å². The summed E-state index contributed by atoms with van der Waals surface area (Å²) >= 11 is 0. The Morgan fingerprint density at radius 2 is 2.03 bits per heavy atom. The van der Waals surface area contributed by atoms with Gasteiger partial charge in [-0.3, -0.25) is 19.8 Å². The van der Waals surface area contributed by atoms with Crippen molar-refractivity contribution < 1.29 is 14.5 Å². The van der Waals surface area contributed by atoms with Crippen LogP contribution in [0.25, 0.3) is 0 Å². The number of ether oxygens (including phenoxy) is 1. The van der Waals surface area contributed by atoms with E-state index in [-0.39, 0.29) is 52.0 Å². The summed E-state index contributed by atoms with van der Waals surface area (Å²) in [7, 11) is 1.43. The number of carbonyl (C=O) groups excluding carboxylic acids is 1. The van der Waals surface area contributed by atoms with Gasteiger partial charge >= 0.3 is 0 Å². The van der Waals surface area contributed by atoms with Crippen LogP contribution in [0, 0.1) is 10.1 Å². The van der Waals surface area contributed by atoms with E-state index in [4.69, 9.17) is 10.5 Å². The average Bonchev–Trinajstić information content (AvgIpc) is 2.95. The van der Waals surface area contributed by atoms with Gasteiger partial charge in [0.2, 0.25) is 11.8 Å². The number of nitro benzene ring substituents is 1. The van der Waals surface area contributed by atoms with Crippen molar-refractivity contribution in [1.82, 2.24) is 20.2 Å². The Hall–Kier alpha value is -3.27. The van der Waals surface area contributed by atoms with E-state index in [1.807, 2.05) is 12.1 Å². The van der Waals surface area contributed by atoms with Crippen LogP contribution >= 0.6 is 0 Å². The van der Waals surface area contributed by atoms with Crippen molar-refractivity contribution in [1.29, 1.82) is 0 Å². The molecule has 2 bridgehead atoms. The number of nitrogens with one attached hydrogen (secondary N) is 1. The van der Waals surface area contributed by atoms with E-state index >= 15 is 0 Å². The fraction of sp³-hybridized carbons (Fsp3) is 0.450. The van der Waals surface area contributed by atoms with Gasteiger partial charge in [0.05, 0.1) is 12.0 Å². The molecule has 0 spiro atoms. The summed E-state index contributed by atoms with van der Waals surface area (Å²) in [6.07, 6.45) is 4.99. The van der Waals surface area contributed by atoms with E-state index in [1.165, 1.54) is 13.3 Å². The first-order valence-corrected chi connectivity index (χ1v) is 9.91. The van der Waals surface area contributed by atoms with Gasteiger partial charge in [-0.05, 0) is 25.7 Å². The van der Waals surface area contributed by atoms with Crippen molar-refractivity contribution in [2.24, 2.45) is 0 Å². The highest BCUT2D eigenvalue weighted by atomic mass is 16.6. The Bertz CT molecular complexity index is 954. The van der Waals surface area contributed by atoms with Crippen molar-refractivity contribution in [3.05, 3.63) is 51.7 Å². The topological polar surface area (TPSA) is 137 Å². The van der Waals surface area contributed by atoms with Crippen LogP contribution in [-0.4, -0.2) is 50.9 Å². The summed E-state index contributed by atoms with van der Waals surface area (Å²) < 4.78 is 5.15. The number of aromatic nitrogens is 2. The van der Waals surface area contributed by atoms with Gasteiger partial charge in [-0.2, -0.15) is 4.98 Å². The maximum Gasteiger partial charge on any atom is 0.273 e. The molecular weight excluding hydrogens is 388 g/mol. The van der Waals surface area contributed by atoms with Gasteiger partial charge in [-0.1, -0.05) is 18.2 Å². The van der Waals surface area contributed by atoms with Crippen molar-refractivity contribution in [2.45, 2.75) is 50.4 Å². The molecule has 0 aliphatic carbocycles. The van der Waals surface area contributed by atoms with Gasteiger partial charge < -0.3 is 15.8 Å². The number of nitrogens with two attached hydrogens (primary N) is 1. The molecule has 3 heterocycles. The van der Waals surface area contributed by atoms with Gasteiger partial charge in [-0.25, -0.2) is 4.98 Å². The molecule has 0 saturated carbocycles. The minimum absolute atomic E-state index is 0.0132. The zero-order valence-corrected chi connectivity index (χ0v) is 16.7. The average molecular weight is 412 g/mol. The molecule has 0 radical (unpaired) electrons. The lowest BCUT2D eigenvalue weighted by Gasteiger charge is -2.39. The smallest absolute Gasteiger partial charge is 0.273 e. The van der Waals surface area contributed by atoms with Gasteiger partial charge in [-0.15, -0.1) is 0 Å². The molecule has 1 amide bonds. The number of piperidine rings is 1. The van der Waals surface area contributed by atoms with E-state index < -0.39 is 0 Å². The summed E-state index contributed by atoms with van der Waals surface area (Å²) in [5, 5.41) is 14.4. The van der Waals surface area contributed by atoms with Gasteiger partial charge in [0.25, 0.3) is 11.6 Å². The second kappa shape index (κ2) is 8.23. The molecular formula is C20H24N6O4. The molecule has 1 unspecified atom stereocenters. The third kappa shape index (κ3) is 3.90. The van der Waals surface area contributed by atoms with Crippen molar-refractivity contribution in [2.75, 3.05) is 12.8 Å². The summed E-state index contributed by atoms with van der Waals surface area (Å²) in [4.78, 5) is 33.9. The maximum atomic E-state index is 12.7. The molecule has 2 aliphatic rings. The number of rotatable bonds is 6. The van der Waals surface area contributed by atoms with E-state index in [1.54, 1.807) is 12.1 Å². The minimum atomic E-state index is -0.327. The van der Waals surface area contributed by atoms with Crippen LogP contribution in [0.1, 0.15) is 41.6 Å². The molecule has 2 aliphatic heterocycles. The summed E-state index contributed by atoms with van der Waals surface area (Å²) in [5.41, 5.74) is 6.69. The molecule has 158 valence electrons. The third-order valence-electron chi connectivity index (χ3n) is 5.97. The highest BCUT2D eigenvalue weighted by Crippen LogP contribution is 2.38. The van der Waals surface area contributed by atoms with Crippen LogP contribution < -0.4 is 15.8 Å². The van der Waals surface area contributed by atoms with Gasteiger partial charge in [0.15, 0.2) is 0 Å². The Morgan fingerprint density at radius 3 is 2.70 bits per heavy atom. The van der Waals surface area contributed by atoms with Crippen LogP contribution in [0.4, 0.5) is 11.6 Å². The number of nitro groups is 1. The highest BCUT2D eigenvalue weighted by Gasteiger charge is 2.41. The van der Waals surface area contributed by atoms with Crippen LogP contribution in [0.3, 0.4) is 0 Å². The number of nitrogens with zero attached hydrogens (tertiary/aromatic N) is 4. The summed E-state index contributed by atoms with van der Waals surface area (Å²) in [5.74, 6) is -0.0926. The monoisotopic (exact) mass is 412 g/mol. The minimum Gasteiger partial charge on any atom is -0.480 e. The maximum absolute atomic E-state index is 12.7. The quantitative estimate of drug-likeness (QED) is 0.542. The van der Waals surface area contributed by atoms with E-state index in [0.29, 0.717) is 6.54 Å². The largest absolute Gasteiger partial charge is 0.480 e. The first kappa shape index (κ1) is 20.0. The fourth-order valence-electron chi connectivity index (χ4n) is 4.62. The second-order valence-corrected chi connectivity index (χ2v) is 7.74. The van der Waals surface area contributed by atoms with Crippen molar-refractivity contribution in [3.8, 4) is 5.88 Å². The molecule has 3 atom stereocenters. The Kier molecular flexibility index (Phi) is 5.49. The number of para-hydroxylation sites is 1. The van der Waals surface area contributed by atoms with Crippen LogP contribution in [-0.2, 0) is 6.54 Å². The number of carbonyl (C=O) groups is 1. The van der Waals surface area contributed by atoms with Crippen LogP contribution in [0.2, 0.25) is 0 Å². The number of fused-ring (bicyclic) bond motifs is 2. The predicted octanol–water partition coefficient (Wildman–Crippen LogP) is 1.90. The lowest BCUT2D eigenvalue weighted by atomic mass is 9.96. The molecule has 4 rings (SSSR count). The Labute approximate surface area is 173 Å². The molecule has 2 aromatic rings. The first-order chi connectivity index (χ1) is 14.5. The summed E-state index contributed by atoms with van der Waals surface area (Å²) in [6.45, 7) is 0.548. The van der Waals surface area contributed by atoms with Crippen LogP contribution in [0.5, 0.6) is 5.88 Å². The number of methoxy groups -OCH3 is 1. The van der Waals surface area contributed by atoms with Gasteiger partial charge in [0.1, 0.15) is 5.56 Å². The standard InChI is InChI=1S/C20H24N6O4/c1-30-19-16(10-22-20(21)24-19)18(27)23-13-8-14-6-7-15(9-13)25(14)11-12-4-2-3-5-17(12)26(28)29/h2-5,10,13-15H,6-9,11H2,1H3,(H,23,27)(H2,21,22,24)/t13?,14-,15+. The van der Waals surface area contributed by atoms with E-state index in [2.05, 4.69) is 20.2 Å². The second-order valence-electron chi connectivity index (χ2n) is 7.74. The van der Waals surface area contributed by atoms with Crippen molar-refractivity contribution >= 4 is 17.5 Å². The van der Waals surface area contributed by atoms with E-state index in [9.17, 15) is 14.9 Å². The first-order valence-electron chi connectivity index (χ1n) is 9.91. The molecule has 1 aromatic heterocycles. The predicted molar refractivity (Wildman–Crippen MR) is 109 cm³/mol. The Morgan fingerprint density at radius 1 is 1.33 bits per heavy atom. The molecule has 3 N–H and O–H groups in total. The summed E-state index contributed by atoms with van der Waals surface area (Å²) in [6, 6.07) is 7.45. The third-order valence-corrected chi connectivity index (χ3v) is 5.97.